The third-order valence-electron chi connectivity index (χ3n) is 2.01. The topological polar surface area (TPSA) is 38.3 Å². The summed E-state index contributed by atoms with van der Waals surface area (Å²) in [6.07, 6.45) is 2.02. The Kier molecular flexibility index (Phi) is 5.02. The molecule has 0 aliphatic heterocycles. The van der Waals surface area contributed by atoms with Gasteiger partial charge in [0, 0.05) is 10.6 Å². The molecule has 0 atom stereocenters. The lowest BCUT2D eigenvalue weighted by Gasteiger charge is -2.19. The van der Waals surface area contributed by atoms with E-state index >= 15 is 0 Å². The number of nitrogens with one attached hydrogen (secondary N) is 1. The van der Waals surface area contributed by atoms with Gasteiger partial charge in [-0.25, -0.2) is 0 Å². The van der Waals surface area contributed by atoms with Gasteiger partial charge in [-0.3, -0.25) is 4.79 Å². The van der Waals surface area contributed by atoms with E-state index in [2.05, 4.69) is 5.32 Å². The Bertz CT molecular complexity index is 368. The van der Waals surface area contributed by atoms with Crippen LogP contribution in [0, 0.1) is 0 Å². The molecular weight excluding hydrogens is 234 g/mol. The lowest BCUT2D eigenvalue weighted by atomic mass is 10.2. The Morgan fingerprint density at radius 1 is 1.29 bits per heavy atom. The largest absolute Gasteiger partial charge is 0.366 e. The quantitative estimate of drug-likeness (QED) is 0.838. The van der Waals surface area contributed by atoms with Gasteiger partial charge in [0.15, 0.2) is 0 Å². The Morgan fingerprint density at radius 2 is 1.88 bits per heavy atom. The zero-order chi connectivity index (χ0) is 12.9. The van der Waals surface area contributed by atoms with Crippen LogP contribution in [0.1, 0.15) is 20.8 Å². The molecule has 1 aromatic carbocycles. The highest BCUT2D eigenvalue weighted by molar-refractivity contribution is 7.98. The Hall–Kier alpha value is -1.00. The molecule has 0 unspecified atom stereocenters. The van der Waals surface area contributed by atoms with Gasteiger partial charge < -0.3 is 10.1 Å². The summed E-state index contributed by atoms with van der Waals surface area (Å²) in [5.41, 5.74) is 0.505. The summed E-state index contributed by atoms with van der Waals surface area (Å²) in [6, 6.07) is 7.73. The number of carbonyl (C=O) groups excluding carboxylic acids is 1. The summed E-state index contributed by atoms with van der Waals surface area (Å²) in [6.45, 7) is 5.85. The second-order valence-corrected chi connectivity index (χ2v) is 5.56. The maximum absolute atomic E-state index is 11.6. The van der Waals surface area contributed by atoms with Gasteiger partial charge in [0.25, 0.3) is 0 Å². The molecule has 0 aromatic heterocycles. The van der Waals surface area contributed by atoms with E-state index in [4.69, 9.17) is 4.74 Å². The van der Waals surface area contributed by atoms with Crippen LogP contribution >= 0.6 is 11.8 Å². The molecule has 0 aliphatic carbocycles. The Labute approximate surface area is 107 Å². The van der Waals surface area contributed by atoms with Crippen molar-refractivity contribution in [3.63, 3.8) is 0 Å². The molecule has 0 spiro atoms. The number of rotatable bonds is 4. The first-order valence-corrected chi connectivity index (χ1v) is 6.71. The second kappa shape index (κ2) is 6.07. The van der Waals surface area contributed by atoms with Gasteiger partial charge in [-0.2, -0.15) is 0 Å². The van der Waals surface area contributed by atoms with Crippen LogP contribution in [0.2, 0.25) is 0 Å². The third kappa shape index (κ3) is 5.75. The Balaban J connectivity index is 2.45. The SMILES string of the molecule is CSc1ccc(NC(=O)COC(C)(C)C)cc1. The Morgan fingerprint density at radius 3 is 2.35 bits per heavy atom. The van der Waals surface area contributed by atoms with Gasteiger partial charge in [-0.05, 0) is 51.3 Å². The third-order valence-corrected chi connectivity index (χ3v) is 2.75. The van der Waals surface area contributed by atoms with Crippen LogP contribution in [0.4, 0.5) is 5.69 Å². The van der Waals surface area contributed by atoms with Gasteiger partial charge >= 0.3 is 0 Å². The van der Waals surface area contributed by atoms with Crippen molar-refractivity contribution in [2.75, 3.05) is 18.2 Å². The average Bonchev–Trinajstić information content (AvgIpc) is 2.27. The van der Waals surface area contributed by atoms with Gasteiger partial charge in [-0.1, -0.05) is 0 Å². The molecular formula is C13H19NO2S. The number of amides is 1. The molecule has 3 nitrogen and oxygen atoms in total. The van der Waals surface area contributed by atoms with Gasteiger partial charge in [0.1, 0.15) is 6.61 Å². The van der Waals surface area contributed by atoms with E-state index in [-0.39, 0.29) is 18.1 Å². The van der Waals surface area contributed by atoms with Crippen molar-refractivity contribution in [1.82, 2.24) is 0 Å². The molecule has 0 saturated carbocycles. The number of hydrogen-bond acceptors (Lipinski definition) is 3. The molecule has 1 aromatic rings. The summed E-state index contributed by atoms with van der Waals surface area (Å²) < 4.78 is 5.39. The molecule has 4 heteroatoms. The second-order valence-electron chi connectivity index (χ2n) is 4.68. The molecule has 0 heterocycles. The summed E-state index contributed by atoms with van der Waals surface area (Å²) in [5, 5.41) is 2.79. The van der Waals surface area contributed by atoms with Crippen molar-refractivity contribution in [3.05, 3.63) is 24.3 Å². The molecule has 0 aliphatic rings. The lowest BCUT2D eigenvalue weighted by molar-refractivity contribution is -0.125. The molecule has 1 rings (SSSR count). The fraction of sp³-hybridized carbons (Fsp3) is 0.462. The van der Waals surface area contributed by atoms with Crippen LogP contribution in [0.25, 0.3) is 0 Å². The van der Waals surface area contributed by atoms with E-state index in [0.717, 1.165) is 5.69 Å². The van der Waals surface area contributed by atoms with E-state index in [1.54, 1.807) is 11.8 Å². The van der Waals surface area contributed by atoms with E-state index in [0.29, 0.717) is 0 Å². The average molecular weight is 253 g/mol. The molecule has 94 valence electrons. The van der Waals surface area contributed by atoms with E-state index < -0.39 is 0 Å². The van der Waals surface area contributed by atoms with E-state index in [1.165, 1.54) is 4.90 Å². The van der Waals surface area contributed by atoms with Crippen molar-refractivity contribution in [3.8, 4) is 0 Å². The van der Waals surface area contributed by atoms with Crippen molar-refractivity contribution < 1.29 is 9.53 Å². The predicted octanol–water partition coefficient (Wildman–Crippen LogP) is 3.16. The minimum Gasteiger partial charge on any atom is -0.366 e. The molecule has 1 amide bonds. The molecule has 0 bridgehead atoms. The molecule has 17 heavy (non-hydrogen) atoms. The molecule has 0 radical (unpaired) electrons. The first-order chi connectivity index (χ1) is 7.90. The summed E-state index contributed by atoms with van der Waals surface area (Å²) in [7, 11) is 0. The van der Waals surface area contributed by atoms with Crippen molar-refractivity contribution in [2.45, 2.75) is 31.3 Å². The van der Waals surface area contributed by atoms with Crippen LogP contribution < -0.4 is 5.32 Å². The summed E-state index contributed by atoms with van der Waals surface area (Å²) in [4.78, 5) is 12.7. The smallest absolute Gasteiger partial charge is 0.250 e. The maximum Gasteiger partial charge on any atom is 0.250 e. The fourth-order valence-electron chi connectivity index (χ4n) is 1.15. The maximum atomic E-state index is 11.6. The van der Waals surface area contributed by atoms with Gasteiger partial charge in [0.2, 0.25) is 5.91 Å². The van der Waals surface area contributed by atoms with Crippen LogP contribution in [0.15, 0.2) is 29.2 Å². The van der Waals surface area contributed by atoms with E-state index in [9.17, 15) is 4.79 Å². The van der Waals surface area contributed by atoms with Crippen molar-refractivity contribution >= 4 is 23.4 Å². The number of thioether (sulfide) groups is 1. The van der Waals surface area contributed by atoms with Crippen molar-refractivity contribution in [1.29, 1.82) is 0 Å². The van der Waals surface area contributed by atoms with Gasteiger partial charge in [0.05, 0.1) is 5.60 Å². The monoisotopic (exact) mass is 253 g/mol. The standard InChI is InChI=1S/C13H19NO2S/c1-13(2,3)16-9-12(15)14-10-5-7-11(17-4)8-6-10/h5-8H,9H2,1-4H3,(H,14,15). The summed E-state index contributed by atoms with van der Waals surface area (Å²) >= 11 is 1.67. The highest BCUT2D eigenvalue weighted by Crippen LogP contribution is 2.17. The fourth-order valence-corrected chi connectivity index (χ4v) is 1.56. The van der Waals surface area contributed by atoms with Crippen LogP contribution in [-0.4, -0.2) is 24.4 Å². The normalized spacial score (nSPS) is 11.3. The first kappa shape index (κ1) is 14.1. The zero-order valence-electron chi connectivity index (χ0n) is 10.7. The minimum absolute atomic E-state index is 0.0772. The number of carbonyl (C=O) groups is 1. The summed E-state index contributed by atoms with van der Waals surface area (Å²) in [5.74, 6) is -0.128. The van der Waals surface area contributed by atoms with E-state index in [1.807, 2.05) is 51.3 Å². The highest BCUT2D eigenvalue weighted by atomic mass is 32.2. The highest BCUT2D eigenvalue weighted by Gasteiger charge is 2.12. The van der Waals surface area contributed by atoms with Crippen LogP contribution in [-0.2, 0) is 9.53 Å². The van der Waals surface area contributed by atoms with Crippen LogP contribution in [0.5, 0.6) is 0 Å². The first-order valence-electron chi connectivity index (χ1n) is 5.48. The number of ether oxygens (including phenoxy) is 1. The molecule has 1 N–H and O–H groups in total. The lowest BCUT2D eigenvalue weighted by Crippen LogP contribution is -2.27. The minimum atomic E-state index is -0.292. The van der Waals surface area contributed by atoms with Gasteiger partial charge in [-0.15, -0.1) is 11.8 Å². The van der Waals surface area contributed by atoms with Crippen molar-refractivity contribution in [2.24, 2.45) is 0 Å². The molecule has 0 saturated heterocycles. The number of hydrogen-bond donors (Lipinski definition) is 1. The zero-order valence-corrected chi connectivity index (χ0v) is 11.6. The predicted molar refractivity (Wildman–Crippen MR) is 72.6 cm³/mol. The van der Waals surface area contributed by atoms with Crippen LogP contribution in [0.3, 0.4) is 0 Å². The molecule has 0 fully saturated rings. The number of anilines is 1. The number of benzene rings is 1.